The Morgan fingerprint density at radius 3 is 2.82 bits per heavy atom. The SMILES string of the molecule is CCCCNc1ccn([C@]2(F)O[C@H](CO)[C@@H](O)[C@H]2O)c(=O)n1. The number of hydrogen-bond donors (Lipinski definition) is 4. The minimum atomic E-state index is -2.97. The fourth-order valence-corrected chi connectivity index (χ4v) is 2.24. The molecule has 1 aromatic rings. The minimum Gasteiger partial charge on any atom is -0.394 e. The van der Waals surface area contributed by atoms with Crippen LogP contribution in [0.1, 0.15) is 19.8 Å². The predicted molar refractivity (Wildman–Crippen MR) is 74.9 cm³/mol. The summed E-state index contributed by atoms with van der Waals surface area (Å²) in [6.45, 7) is 1.95. The van der Waals surface area contributed by atoms with E-state index in [4.69, 9.17) is 9.84 Å². The molecule has 0 radical (unpaired) electrons. The van der Waals surface area contributed by atoms with Crippen molar-refractivity contribution in [2.24, 2.45) is 0 Å². The number of halogens is 1. The van der Waals surface area contributed by atoms with Crippen molar-refractivity contribution < 1.29 is 24.4 Å². The Morgan fingerprint density at radius 2 is 2.27 bits per heavy atom. The number of nitrogens with zero attached hydrogens (tertiary/aromatic N) is 2. The number of aromatic nitrogens is 2. The zero-order chi connectivity index (χ0) is 16.3. The van der Waals surface area contributed by atoms with Gasteiger partial charge in [0.2, 0.25) is 0 Å². The maximum Gasteiger partial charge on any atom is 0.354 e. The maximum absolute atomic E-state index is 14.8. The summed E-state index contributed by atoms with van der Waals surface area (Å²) in [5.74, 6) is -2.69. The van der Waals surface area contributed by atoms with Gasteiger partial charge in [-0.25, -0.2) is 9.36 Å². The molecule has 0 aromatic carbocycles. The molecule has 0 aliphatic carbocycles. The number of rotatable bonds is 6. The Labute approximate surface area is 126 Å². The second-order valence-electron chi connectivity index (χ2n) is 5.13. The third-order valence-corrected chi connectivity index (χ3v) is 3.53. The van der Waals surface area contributed by atoms with E-state index in [-0.39, 0.29) is 5.82 Å². The van der Waals surface area contributed by atoms with E-state index in [0.29, 0.717) is 11.1 Å². The van der Waals surface area contributed by atoms with Crippen LogP contribution in [0.2, 0.25) is 0 Å². The van der Waals surface area contributed by atoms with Crippen LogP contribution >= 0.6 is 0 Å². The minimum absolute atomic E-state index is 0.282. The molecule has 0 amide bonds. The van der Waals surface area contributed by atoms with Crippen LogP contribution in [0.15, 0.2) is 17.1 Å². The Bertz CT molecular complexity index is 569. The quantitative estimate of drug-likeness (QED) is 0.505. The van der Waals surface area contributed by atoms with Crippen LogP contribution in [-0.2, 0) is 10.7 Å². The molecule has 1 fully saturated rings. The molecule has 0 spiro atoms. The summed E-state index contributed by atoms with van der Waals surface area (Å²) < 4.78 is 20.1. The van der Waals surface area contributed by atoms with Crippen molar-refractivity contribution in [1.82, 2.24) is 9.55 Å². The summed E-state index contributed by atoms with van der Waals surface area (Å²) >= 11 is 0. The first-order valence-electron chi connectivity index (χ1n) is 7.11. The van der Waals surface area contributed by atoms with Gasteiger partial charge >= 0.3 is 11.7 Å². The van der Waals surface area contributed by atoms with E-state index in [2.05, 4.69) is 10.3 Å². The Kier molecular flexibility index (Phi) is 5.12. The van der Waals surface area contributed by atoms with Crippen LogP contribution < -0.4 is 11.0 Å². The molecule has 8 nitrogen and oxygen atoms in total. The van der Waals surface area contributed by atoms with Crippen LogP contribution in [0.5, 0.6) is 0 Å². The zero-order valence-electron chi connectivity index (χ0n) is 12.1. The first-order chi connectivity index (χ1) is 10.4. The molecule has 22 heavy (non-hydrogen) atoms. The third kappa shape index (κ3) is 2.98. The van der Waals surface area contributed by atoms with Crippen molar-refractivity contribution in [1.29, 1.82) is 0 Å². The molecular formula is C13H20FN3O5. The lowest BCUT2D eigenvalue weighted by molar-refractivity contribution is -0.239. The van der Waals surface area contributed by atoms with Crippen LogP contribution in [0.3, 0.4) is 0 Å². The van der Waals surface area contributed by atoms with E-state index < -0.39 is 36.6 Å². The fourth-order valence-electron chi connectivity index (χ4n) is 2.24. The molecule has 4 atom stereocenters. The molecule has 2 rings (SSSR count). The molecule has 1 aromatic heterocycles. The van der Waals surface area contributed by atoms with E-state index in [1.807, 2.05) is 6.92 Å². The number of aliphatic hydroxyl groups is 3. The van der Waals surface area contributed by atoms with E-state index >= 15 is 0 Å². The highest BCUT2D eigenvalue weighted by molar-refractivity contribution is 5.31. The molecule has 0 saturated carbocycles. The number of anilines is 1. The third-order valence-electron chi connectivity index (χ3n) is 3.53. The summed E-state index contributed by atoms with van der Waals surface area (Å²) in [6.07, 6.45) is -2.04. The monoisotopic (exact) mass is 317 g/mol. The number of nitrogens with one attached hydrogen (secondary N) is 1. The highest BCUT2D eigenvalue weighted by Gasteiger charge is 2.57. The molecule has 1 aliphatic heterocycles. The van der Waals surface area contributed by atoms with Gasteiger partial charge in [0.15, 0.2) is 6.10 Å². The zero-order valence-corrected chi connectivity index (χ0v) is 12.1. The number of ether oxygens (including phenoxy) is 1. The Morgan fingerprint density at radius 1 is 1.55 bits per heavy atom. The van der Waals surface area contributed by atoms with Crippen LogP contribution in [-0.4, -0.2) is 56.3 Å². The lowest BCUT2D eigenvalue weighted by atomic mass is 10.1. The molecule has 1 aliphatic rings. The van der Waals surface area contributed by atoms with Crippen molar-refractivity contribution in [2.45, 2.75) is 44.1 Å². The van der Waals surface area contributed by atoms with Crippen molar-refractivity contribution >= 4 is 5.82 Å². The van der Waals surface area contributed by atoms with Crippen molar-refractivity contribution in [2.75, 3.05) is 18.5 Å². The molecule has 2 heterocycles. The van der Waals surface area contributed by atoms with E-state index in [1.54, 1.807) is 0 Å². The van der Waals surface area contributed by atoms with Gasteiger partial charge < -0.3 is 25.4 Å². The summed E-state index contributed by atoms with van der Waals surface area (Å²) in [5, 5.41) is 31.3. The molecule has 1 saturated heterocycles. The van der Waals surface area contributed by atoms with Gasteiger partial charge in [-0.1, -0.05) is 13.3 Å². The molecule has 4 N–H and O–H groups in total. The number of hydrogen-bond acceptors (Lipinski definition) is 7. The van der Waals surface area contributed by atoms with E-state index in [9.17, 15) is 19.4 Å². The number of alkyl halides is 1. The predicted octanol–water partition coefficient (Wildman–Crippen LogP) is -0.852. The largest absolute Gasteiger partial charge is 0.394 e. The highest BCUT2D eigenvalue weighted by Crippen LogP contribution is 2.35. The van der Waals surface area contributed by atoms with Crippen molar-refractivity contribution in [3.05, 3.63) is 22.7 Å². The molecule has 124 valence electrons. The summed E-state index contributed by atoms with van der Waals surface area (Å²) in [5.41, 5.74) is -0.978. The summed E-state index contributed by atoms with van der Waals surface area (Å²) in [4.78, 5) is 15.6. The summed E-state index contributed by atoms with van der Waals surface area (Å²) in [6, 6.07) is 1.37. The standard InChI is InChI=1S/C13H20FN3O5/c1-2-3-5-15-9-4-6-17(12(21)16-9)13(14)11(20)10(19)8(7-18)22-13/h4,6,8,10-11,18-20H,2-3,5,7H2,1H3,(H,15,16,21)/t8-,10-,11-,13+/m1/s1. The van der Waals surface area contributed by atoms with Gasteiger partial charge in [-0.2, -0.15) is 9.37 Å². The Balaban J connectivity index is 2.24. The van der Waals surface area contributed by atoms with Gasteiger partial charge in [0.1, 0.15) is 18.0 Å². The average Bonchev–Trinajstić information content (AvgIpc) is 2.72. The second kappa shape index (κ2) is 6.69. The van der Waals surface area contributed by atoms with E-state index in [1.165, 1.54) is 6.07 Å². The second-order valence-corrected chi connectivity index (χ2v) is 5.13. The average molecular weight is 317 g/mol. The van der Waals surface area contributed by atoms with Crippen LogP contribution in [0, 0.1) is 0 Å². The molecule has 0 bridgehead atoms. The van der Waals surface area contributed by atoms with Gasteiger partial charge in [0, 0.05) is 12.7 Å². The topological polar surface area (TPSA) is 117 Å². The van der Waals surface area contributed by atoms with E-state index in [0.717, 1.165) is 19.0 Å². The molecule has 9 heteroatoms. The first-order valence-corrected chi connectivity index (χ1v) is 7.11. The smallest absolute Gasteiger partial charge is 0.354 e. The van der Waals surface area contributed by atoms with Gasteiger partial charge in [-0.15, -0.1) is 0 Å². The van der Waals surface area contributed by atoms with Crippen LogP contribution in [0.4, 0.5) is 10.2 Å². The van der Waals surface area contributed by atoms with Crippen LogP contribution in [0.25, 0.3) is 0 Å². The molecular weight excluding hydrogens is 297 g/mol. The lowest BCUT2D eigenvalue weighted by Gasteiger charge is -2.24. The lowest BCUT2D eigenvalue weighted by Crippen LogP contribution is -2.47. The number of aliphatic hydroxyl groups excluding tert-OH is 3. The Hall–Kier alpha value is -1.55. The van der Waals surface area contributed by atoms with Crippen molar-refractivity contribution in [3.8, 4) is 0 Å². The first kappa shape index (κ1) is 16.8. The molecule has 0 unspecified atom stereocenters. The van der Waals surface area contributed by atoms with Gasteiger partial charge in [-0.3, -0.25) is 0 Å². The number of unbranched alkanes of at least 4 members (excludes halogenated alkanes) is 1. The normalized spacial score (nSPS) is 31.4. The van der Waals surface area contributed by atoms with Gasteiger partial charge in [0.25, 0.3) is 0 Å². The highest BCUT2D eigenvalue weighted by atomic mass is 19.2. The van der Waals surface area contributed by atoms with Gasteiger partial charge in [-0.05, 0) is 12.5 Å². The fraction of sp³-hybridized carbons (Fsp3) is 0.692. The summed E-state index contributed by atoms with van der Waals surface area (Å²) in [7, 11) is 0. The maximum atomic E-state index is 14.8. The van der Waals surface area contributed by atoms with Crippen molar-refractivity contribution in [3.63, 3.8) is 0 Å². The van der Waals surface area contributed by atoms with Gasteiger partial charge in [0.05, 0.1) is 6.61 Å².